The third kappa shape index (κ3) is 4.15. The van der Waals surface area contributed by atoms with E-state index in [1.165, 1.54) is 0 Å². The van der Waals surface area contributed by atoms with Gasteiger partial charge >= 0.3 is 0 Å². The first kappa shape index (κ1) is 14.7. The van der Waals surface area contributed by atoms with Crippen LogP contribution in [0.15, 0.2) is 28.7 Å². The van der Waals surface area contributed by atoms with Crippen LogP contribution >= 0.6 is 15.9 Å². The van der Waals surface area contributed by atoms with Gasteiger partial charge in [-0.2, -0.15) is 5.26 Å². The molecule has 96 valence electrons. The molecule has 4 heteroatoms. The Morgan fingerprint density at radius 3 is 2.72 bits per heavy atom. The quantitative estimate of drug-likeness (QED) is 0.909. The van der Waals surface area contributed by atoms with Crippen molar-refractivity contribution in [2.75, 3.05) is 0 Å². The van der Waals surface area contributed by atoms with Gasteiger partial charge in [0.25, 0.3) is 0 Å². The van der Waals surface area contributed by atoms with Crippen molar-refractivity contribution in [1.82, 2.24) is 5.32 Å². The topological polar surface area (TPSA) is 52.9 Å². The predicted octanol–water partition coefficient (Wildman–Crippen LogP) is 3.05. The van der Waals surface area contributed by atoms with Crippen molar-refractivity contribution in [2.24, 2.45) is 5.92 Å². The normalized spacial score (nSPS) is 13.4. The minimum atomic E-state index is -0.439. The minimum Gasteiger partial charge on any atom is -0.340 e. The van der Waals surface area contributed by atoms with Gasteiger partial charge < -0.3 is 5.32 Å². The molecule has 0 heterocycles. The SMILES string of the molecule is CC[C@@H](Cc1ccccc1Br)C(=O)N[C@@H](C)C#N. The van der Waals surface area contributed by atoms with Crippen LogP contribution in [0.5, 0.6) is 0 Å². The van der Waals surface area contributed by atoms with Gasteiger partial charge in [0.15, 0.2) is 0 Å². The molecule has 0 spiro atoms. The highest BCUT2D eigenvalue weighted by Crippen LogP contribution is 2.21. The van der Waals surface area contributed by atoms with Gasteiger partial charge in [0.1, 0.15) is 6.04 Å². The number of nitrogens with zero attached hydrogens (tertiary/aromatic N) is 1. The number of nitrogens with one attached hydrogen (secondary N) is 1. The van der Waals surface area contributed by atoms with Crippen LogP contribution in [-0.2, 0) is 11.2 Å². The zero-order valence-electron chi connectivity index (χ0n) is 10.6. The van der Waals surface area contributed by atoms with E-state index in [0.717, 1.165) is 16.5 Å². The van der Waals surface area contributed by atoms with Gasteiger partial charge in [0.2, 0.25) is 5.91 Å². The fourth-order valence-corrected chi connectivity index (χ4v) is 2.16. The van der Waals surface area contributed by atoms with E-state index in [4.69, 9.17) is 5.26 Å². The number of nitriles is 1. The Morgan fingerprint density at radius 1 is 1.50 bits per heavy atom. The van der Waals surface area contributed by atoms with Crippen LogP contribution in [0.25, 0.3) is 0 Å². The summed E-state index contributed by atoms with van der Waals surface area (Å²) in [5.41, 5.74) is 1.11. The van der Waals surface area contributed by atoms with Gasteiger partial charge in [-0.3, -0.25) is 4.79 Å². The lowest BCUT2D eigenvalue weighted by molar-refractivity contribution is -0.125. The molecule has 0 radical (unpaired) electrons. The number of amides is 1. The lowest BCUT2D eigenvalue weighted by atomic mass is 9.96. The zero-order valence-corrected chi connectivity index (χ0v) is 12.2. The number of halogens is 1. The molecule has 0 saturated carbocycles. The van der Waals surface area contributed by atoms with Crippen LogP contribution in [0.1, 0.15) is 25.8 Å². The van der Waals surface area contributed by atoms with E-state index >= 15 is 0 Å². The Hall–Kier alpha value is -1.34. The van der Waals surface area contributed by atoms with Gasteiger partial charge in [0.05, 0.1) is 6.07 Å². The molecule has 2 atom stereocenters. The van der Waals surface area contributed by atoms with E-state index in [1.807, 2.05) is 37.3 Å². The van der Waals surface area contributed by atoms with Gasteiger partial charge in [-0.15, -0.1) is 0 Å². The third-order valence-electron chi connectivity index (χ3n) is 2.84. The van der Waals surface area contributed by atoms with Crippen LogP contribution in [-0.4, -0.2) is 11.9 Å². The van der Waals surface area contributed by atoms with Crippen LogP contribution in [0.2, 0.25) is 0 Å². The highest BCUT2D eigenvalue weighted by molar-refractivity contribution is 9.10. The molecule has 1 amide bonds. The maximum atomic E-state index is 12.0. The summed E-state index contributed by atoms with van der Waals surface area (Å²) in [6.45, 7) is 3.67. The average molecular weight is 309 g/mol. The molecule has 0 saturated heterocycles. The van der Waals surface area contributed by atoms with E-state index in [9.17, 15) is 4.79 Å². The molecule has 0 aliphatic heterocycles. The van der Waals surface area contributed by atoms with Crippen LogP contribution in [0.4, 0.5) is 0 Å². The lowest BCUT2D eigenvalue weighted by Crippen LogP contribution is -2.37. The van der Waals surface area contributed by atoms with Crippen molar-refractivity contribution in [3.63, 3.8) is 0 Å². The summed E-state index contributed by atoms with van der Waals surface area (Å²) in [5.74, 6) is -0.151. The van der Waals surface area contributed by atoms with Crippen molar-refractivity contribution in [3.05, 3.63) is 34.3 Å². The summed E-state index contributed by atoms with van der Waals surface area (Å²) >= 11 is 3.48. The first-order valence-corrected chi connectivity index (χ1v) is 6.81. The van der Waals surface area contributed by atoms with Gasteiger partial charge in [0, 0.05) is 10.4 Å². The first-order valence-electron chi connectivity index (χ1n) is 6.01. The number of benzene rings is 1. The molecule has 0 aliphatic rings. The molecule has 1 aromatic rings. The van der Waals surface area contributed by atoms with Crippen molar-refractivity contribution < 1.29 is 4.79 Å². The Balaban J connectivity index is 2.71. The molecule has 1 rings (SSSR count). The lowest BCUT2D eigenvalue weighted by Gasteiger charge is -2.16. The minimum absolute atomic E-state index is 0.0534. The molecule has 0 aliphatic carbocycles. The highest BCUT2D eigenvalue weighted by Gasteiger charge is 2.19. The fourth-order valence-electron chi connectivity index (χ4n) is 1.72. The molecule has 18 heavy (non-hydrogen) atoms. The first-order chi connectivity index (χ1) is 8.58. The summed E-state index contributed by atoms with van der Waals surface area (Å²) in [6, 6.07) is 9.46. The Bertz CT molecular complexity index is 453. The van der Waals surface area contributed by atoms with E-state index in [2.05, 4.69) is 21.2 Å². The molecule has 0 bridgehead atoms. The van der Waals surface area contributed by atoms with Gasteiger partial charge in [-0.05, 0) is 31.4 Å². The number of carbonyl (C=O) groups excluding carboxylic acids is 1. The molecular formula is C14H17BrN2O. The molecule has 1 N–H and O–H groups in total. The number of hydrogen-bond acceptors (Lipinski definition) is 2. The number of hydrogen-bond donors (Lipinski definition) is 1. The smallest absolute Gasteiger partial charge is 0.224 e. The average Bonchev–Trinajstić information content (AvgIpc) is 2.37. The van der Waals surface area contributed by atoms with E-state index < -0.39 is 6.04 Å². The highest BCUT2D eigenvalue weighted by atomic mass is 79.9. The Labute approximate surface area is 116 Å². The second-order valence-electron chi connectivity index (χ2n) is 4.26. The summed E-state index contributed by atoms with van der Waals surface area (Å²) in [6.07, 6.45) is 1.44. The molecule has 0 aromatic heterocycles. The second kappa shape index (κ2) is 7.17. The van der Waals surface area contributed by atoms with Crippen molar-refractivity contribution in [3.8, 4) is 6.07 Å². The second-order valence-corrected chi connectivity index (χ2v) is 5.11. The van der Waals surface area contributed by atoms with Gasteiger partial charge in [-0.1, -0.05) is 41.1 Å². The molecule has 0 fully saturated rings. The monoisotopic (exact) mass is 308 g/mol. The molecule has 3 nitrogen and oxygen atoms in total. The van der Waals surface area contributed by atoms with Gasteiger partial charge in [-0.25, -0.2) is 0 Å². The molecule has 1 aromatic carbocycles. The van der Waals surface area contributed by atoms with Crippen LogP contribution in [0, 0.1) is 17.2 Å². The maximum absolute atomic E-state index is 12.0. The van der Waals surface area contributed by atoms with Crippen molar-refractivity contribution in [1.29, 1.82) is 5.26 Å². The van der Waals surface area contributed by atoms with Crippen LogP contribution in [0.3, 0.4) is 0 Å². The zero-order chi connectivity index (χ0) is 13.5. The van der Waals surface area contributed by atoms with Crippen molar-refractivity contribution in [2.45, 2.75) is 32.7 Å². The van der Waals surface area contributed by atoms with E-state index in [0.29, 0.717) is 6.42 Å². The van der Waals surface area contributed by atoms with E-state index in [-0.39, 0.29) is 11.8 Å². The standard InChI is InChI=1S/C14H17BrN2O/c1-3-11(14(18)17-10(2)9-16)8-12-6-4-5-7-13(12)15/h4-7,10-11H,3,8H2,1-2H3,(H,17,18)/t10-,11-/m0/s1. The Kier molecular flexibility index (Phi) is 5.87. The predicted molar refractivity (Wildman–Crippen MR) is 74.8 cm³/mol. The summed E-state index contributed by atoms with van der Waals surface area (Å²) in [5, 5.41) is 11.4. The number of carbonyl (C=O) groups is 1. The summed E-state index contributed by atoms with van der Waals surface area (Å²) in [7, 11) is 0. The van der Waals surface area contributed by atoms with Crippen molar-refractivity contribution >= 4 is 21.8 Å². The van der Waals surface area contributed by atoms with Crippen LogP contribution < -0.4 is 5.32 Å². The third-order valence-corrected chi connectivity index (χ3v) is 3.61. The summed E-state index contributed by atoms with van der Waals surface area (Å²) < 4.78 is 1.02. The largest absolute Gasteiger partial charge is 0.340 e. The molecule has 0 unspecified atom stereocenters. The Morgan fingerprint density at radius 2 is 2.17 bits per heavy atom. The maximum Gasteiger partial charge on any atom is 0.224 e. The number of rotatable bonds is 5. The van der Waals surface area contributed by atoms with E-state index in [1.54, 1.807) is 6.92 Å². The molecular weight excluding hydrogens is 292 g/mol. The summed E-state index contributed by atoms with van der Waals surface area (Å²) in [4.78, 5) is 12.0. The fraction of sp³-hybridized carbons (Fsp3) is 0.429.